The van der Waals surface area contributed by atoms with E-state index in [0.29, 0.717) is 23.3 Å². The maximum Gasteiger partial charge on any atom is 2.00 e. The first kappa shape index (κ1) is 37.3. The molecule has 5 nitrogen and oxygen atoms in total. The molecule has 0 aliphatic heterocycles. The van der Waals surface area contributed by atoms with E-state index >= 15 is 0 Å². The van der Waals surface area contributed by atoms with E-state index in [2.05, 4.69) is 152 Å². The van der Waals surface area contributed by atoms with Crippen molar-refractivity contribution < 1.29 is 25.8 Å². The maximum absolute atomic E-state index is 6.67. The molecule has 0 saturated heterocycles. The number of rotatable bonds is 10. The number of benzene rings is 4. The minimum Gasteiger partial charge on any atom is -0.509 e. The van der Waals surface area contributed by atoms with Gasteiger partial charge in [0.15, 0.2) is 0 Å². The van der Waals surface area contributed by atoms with E-state index in [1.165, 1.54) is 27.8 Å². The molecule has 0 aliphatic carbocycles. The van der Waals surface area contributed by atoms with Gasteiger partial charge < -0.3 is 9.30 Å². The number of ether oxygens (including phenoxy) is 1. The molecule has 0 saturated carbocycles. The molecule has 0 aliphatic rings. The summed E-state index contributed by atoms with van der Waals surface area (Å²) in [6.45, 7) is 20.0. The van der Waals surface area contributed by atoms with Crippen LogP contribution >= 0.6 is 0 Å². The molecule has 0 N–H and O–H groups in total. The summed E-state index contributed by atoms with van der Waals surface area (Å²) in [6.07, 6.45) is 4.00. The summed E-state index contributed by atoms with van der Waals surface area (Å²) in [5.74, 6) is 3.20. The Kier molecular flexibility index (Phi) is 10.9. The molecule has 0 spiro atoms. The van der Waals surface area contributed by atoms with Gasteiger partial charge in [0.25, 0.3) is 0 Å². The Morgan fingerprint density at radius 1 is 0.731 bits per heavy atom. The zero-order valence-electron chi connectivity index (χ0n) is 31.7. The van der Waals surface area contributed by atoms with Crippen molar-refractivity contribution in [3.8, 4) is 34.1 Å². The zero-order valence-corrected chi connectivity index (χ0v) is 34.0. The Balaban J connectivity index is 0.00000464. The third-order valence-corrected chi connectivity index (χ3v) is 10.0. The average molecular weight is 868 g/mol. The maximum atomic E-state index is 6.67. The normalized spacial score (nSPS) is 11.7. The van der Waals surface area contributed by atoms with Crippen LogP contribution in [0.2, 0.25) is 0 Å². The van der Waals surface area contributed by atoms with Crippen LogP contribution in [0.4, 0.5) is 0 Å². The second kappa shape index (κ2) is 15.2. The van der Waals surface area contributed by atoms with E-state index in [4.69, 9.17) is 14.8 Å². The summed E-state index contributed by atoms with van der Waals surface area (Å²) < 4.78 is 10.9. The molecule has 52 heavy (non-hydrogen) atoms. The first-order valence-corrected chi connectivity index (χ1v) is 18.4. The molecule has 0 fully saturated rings. The number of fused-ring (bicyclic) bond motifs is 3. The number of hydrogen-bond acceptors (Lipinski definition) is 3. The van der Waals surface area contributed by atoms with Gasteiger partial charge in [0.1, 0.15) is 5.82 Å². The van der Waals surface area contributed by atoms with Gasteiger partial charge in [-0.15, -0.1) is 41.3 Å². The summed E-state index contributed by atoms with van der Waals surface area (Å²) in [7, 11) is 0. The van der Waals surface area contributed by atoms with Gasteiger partial charge in [-0.05, 0) is 89.5 Å². The third-order valence-electron chi connectivity index (χ3n) is 10.0. The van der Waals surface area contributed by atoms with Gasteiger partial charge in [-0.25, -0.2) is 4.98 Å². The van der Waals surface area contributed by atoms with E-state index in [-0.39, 0.29) is 27.0 Å². The standard InChI is InChI=1S/C46H48N4O.Pt/c1-10-14-33-21-22-47-44(23-33)49-42-18-12-11-15-40(42)41-20-19-36(27-43(41)49)51-37-25-34(28(2)3)24-35(26-37)50-32(9)45(31(8)48-50)46-38(29(4)5)16-13-17-39(46)30(6)7;/h11-13,15-25,28-30H,10,14H2,1-9H3;/q-2;+2. The van der Waals surface area contributed by atoms with Gasteiger partial charge in [-0.2, -0.15) is 11.2 Å². The molecule has 3 aromatic heterocycles. The SMILES string of the molecule is CCCc1ccnc(-n2c3[c-]c(Oc4[c-]c(-n5nc(C)c(-c6c(C(C)C)cccc6C(C)C)c5C)cc(C(C)C)c4)ccc3c3ccccc32)c1.[Pt+2]. The quantitative estimate of drug-likeness (QED) is 0.129. The Morgan fingerprint density at radius 2 is 1.46 bits per heavy atom. The average Bonchev–Trinajstić information content (AvgIpc) is 3.60. The summed E-state index contributed by atoms with van der Waals surface area (Å²) in [4.78, 5) is 4.81. The predicted molar refractivity (Wildman–Crippen MR) is 211 cm³/mol. The van der Waals surface area contributed by atoms with Crippen LogP contribution in [0, 0.1) is 26.0 Å². The number of nitrogens with zero attached hydrogens (tertiary/aromatic N) is 4. The number of para-hydroxylation sites is 1. The largest absolute Gasteiger partial charge is 2.00 e. The van der Waals surface area contributed by atoms with E-state index < -0.39 is 0 Å². The van der Waals surface area contributed by atoms with Gasteiger partial charge in [0.05, 0.1) is 5.69 Å². The number of pyridine rings is 1. The minimum absolute atomic E-state index is 0. The van der Waals surface area contributed by atoms with Crippen molar-refractivity contribution in [2.45, 2.75) is 92.9 Å². The fraction of sp³-hybridized carbons (Fsp3) is 0.304. The van der Waals surface area contributed by atoms with Crippen LogP contribution in [0.15, 0.2) is 85.1 Å². The molecule has 3 heterocycles. The van der Waals surface area contributed by atoms with Crippen LogP contribution in [0.3, 0.4) is 0 Å². The van der Waals surface area contributed by atoms with Crippen molar-refractivity contribution in [3.05, 3.63) is 131 Å². The first-order chi connectivity index (χ1) is 24.5. The van der Waals surface area contributed by atoms with Crippen LogP contribution in [-0.4, -0.2) is 19.3 Å². The van der Waals surface area contributed by atoms with Gasteiger partial charge >= 0.3 is 21.1 Å². The van der Waals surface area contributed by atoms with Crippen molar-refractivity contribution in [2.24, 2.45) is 0 Å². The Hall–Kier alpha value is -4.47. The number of aryl methyl sites for hydroxylation is 2. The first-order valence-electron chi connectivity index (χ1n) is 18.4. The fourth-order valence-corrected chi connectivity index (χ4v) is 7.45. The van der Waals surface area contributed by atoms with Crippen molar-refractivity contribution in [1.29, 1.82) is 0 Å². The van der Waals surface area contributed by atoms with Crippen molar-refractivity contribution in [1.82, 2.24) is 19.3 Å². The third kappa shape index (κ3) is 6.88. The molecular weight excluding hydrogens is 820 g/mol. The van der Waals surface area contributed by atoms with Gasteiger partial charge in [-0.3, -0.25) is 4.68 Å². The van der Waals surface area contributed by atoms with Crippen LogP contribution < -0.4 is 4.74 Å². The molecule has 0 bridgehead atoms. The van der Waals surface area contributed by atoms with E-state index in [9.17, 15) is 0 Å². The predicted octanol–water partition coefficient (Wildman–Crippen LogP) is 12.4. The van der Waals surface area contributed by atoms with Crippen molar-refractivity contribution in [3.63, 3.8) is 0 Å². The molecule has 4 aromatic carbocycles. The second-order valence-corrected chi connectivity index (χ2v) is 14.7. The minimum atomic E-state index is 0. The summed E-state index contributed by atoms with van der Waals surface area (Å²) in [5.41, 5.74) is 12.7. The fourth-order valence-electron chi connectivity index (χ4n) is 7.45. The summed E-state index contributed by atoms with van der Waals surface area (Å²) in [5, 5.41) is 7.42. The Labute approximate surface area is 323 Å². The number of hydrogen-bond donors (Lipinski definition) is 0. The molecule has 0 radical (unpaired) electrons. The van der Waals surface area contributed by atoms with Gasteiger partial charge in [0.2, 0.25) is 0 Å². The number of aromatic nitrogens is 4. The van der Waals surface area contributed by atoms with Crippen LogP contribution in [-0.2, 0) is 27.5 Å². The molecule has 6 heteroatoms. The monoisotopic (exact) mass is 867 g/mol. The molecular formula is C46H48N4OPt. The molecule has 0 atom stereocenters. The zero-order chi connectivity index (χ0) is 36.0. The van der Waals surface area contributed by atoms with Gasteiger partial charge in [0, 0.05) is 34.5 Å². The summed E-state index contributed by atoms with van der Waals surface area (Å²) in [6, 6.07) is 35.1. The molecule has 268 valence electrons. The van der Waals surface area contributed by atoms with E-state index in [1.54, 1.807) is 0 Å². The van der Waals surface area contributed by atoms with Crippen LogP contribution in [0.25, 0.3) is 44.4 Å². The topological polar surface area (TPSA) is 44.9 Å². The second-order valence-electron chi connectivity index (χ2n) is 14.7. The van der Waals surface area contributed by atoms with E-state index in [1.807, 2.05) is 16.9 Å². The van der Waals surface area contributed by atoms with Crippen molar-refractivity contribution >= 4 is 21.8 Å². The molecule has 7 aromatic rings. The van der Waals surface area contributed by atoms with E-state index in [0.717, 1.165) is 63.1 Å². The van der Waals surface area contributed by atoms with Crippen LogP contribution in [0.5, 0.6) is 11.5 Å². The van der Waals surface area contributed by atoms with Crippen molar-refractivity contribution in [2.75, 3.05) is 0 Å². The van der Waals surface area contributed by atoms with Crippen LogP contribution in [0.1, 0.15) is 106 Å². The summed E-state index contributed by atoms with van der Waals surface area (Å²) >= 11 is 0. The smallest absolute Gasteiger partial charge is 0.509 e. The molecule has 0 amide bonds. The van der Waals surface area contributed by atoms with Gasteiger partial charge in [-0.1, -0.05) is 96.8 Å². The molecule has 7 rings (SSSR count). The Morgan fingerprint density at radius 3 is 2.15 bits per heavy atom. The Bertz CT molecular complexity index is 2350. The molecule has 0 unspecified atom stereocenters.